The number of benzene rings is 1. The number of nitrogens with one attached hydrogen (secondary N) is 2. The molecule has 0 aliphatic rings. The molecule has 1 aromatic carbocycles. The Morgan fingerprint density at radius 1 is 1.38 bits per heavy atom. The predicted octanol–water partition coefficient (Wildman–Crippen LogP) is 1.34. The Balaban J connectivity index is 1.99. The van der Waals surface area contributed by atoms with E-state index in [0.717, 1.165) is 22.3 Å². The van der Waals surface area contributed by atoms with Crippen molar-refractivity contribution in [2.45, 2.75) is 6.92 Å². The maximum atomic E-state index is 4.20. The summed E-state index contributed by atoms with van der Waals surface area (Å²) >= 11 is 0. The van der Waals surface area contributed by atoms with Crippen molar-refractivity contribution in [3.05, 3.63) is 36.5 Å². The molecule has 80 valence electrons. The number of H-pyrrole nitrogens is 1. The second kappa shape index (κ2) is 3.34. The summed E-state index contributed by atoms with van der Waals surface area (Å²) in [7, 11) is 0. The number of hydrogen-bond donors (Lipinski definition) is 2. The second-order valence-electron chi connectivity index (χ2n) is 3.53. The Kier molecular flexibility index (Phi) is 1.86. The van der Waals surface area contributed by atoms with Crippen LogP contribution in [0.15, 0.2) is 30.9 Å². The molecule has 0 atom stereocenters. The van der Waals surface area contributed by atoms with E-state index in [4.69, 9.17) is 0 Å². The smallest absolute Gasteiger partial charge is 0.139 e. The molecule has 0 aliphatic heterocycles. The summed E-state index contributed by atoms with van der Waals surface area (Å²) in [5.41, 5.74) is 6.00. The van der Waals surface area contributed by atoms with Crippen molar-refractivity contribution in [1.82, 2.24) is 25.1 Å². The Morgan fingerprint density at radius 3 is 3.12 bits per heavy atom. The van der Waals surface area contributed by atoms with Crippen LogP contribution in [0.25, 0.3) is 10.9 Å². The summed E-state index contributed by atoms with van der Waals surface area (Å²) < 4.78 is 0. The van der Waals surface area contributed by atoms with Gasteiger partial charge < -0.3 is 0 Å². The van der Waals surface area contributed by atoms with Crippen LogP contribution < -0.4 is 5.43 Å². The number of fused-ring (bicyclic) bond motifs is 1. The quantitative estimate of drug-likeness (QED) is 0.675. The van der Waals surface area contributed by atoms with Crippen LogP contribution in [-0.2, 0) is 0 Å². The monoisotopic (exact) mass is 214 g/mol. The van der Waals surface area contributed by atoms with Crippen molar-refractivity contribution in [2.24, 2.45) is 0 Å². The minimum atomic E-state index is 0.921. The number of rotatable bonds is 2. The third-order valence-corrected chi connectivity index (χ3v) is 2.41. The summed E-state index contributed by atoms with van der Waals surface area (Å²) in [5, 5.41) is 12.2. The van der Waals surface area contributed by atoms with Gasteiger partial charge in [-0.15, -0.1) is 5.10 Å². The van der Waals surface area contributed by atoms with Crippen LogP contribution in [0, 0.1) is 6.92 Å². The van der Waals surface area contributed by atoms with Gasteiger partial charge in [0.2, 0.25) is 0 Å². The van der Waals surface area contributed by atoms with Crippen LogP contribution in [0.1, 0.15) is 5.69 Å². The maximum Gasteiger partial charge on any atom is 0.139 e. The molecule has 2 aromatic heterocycles. The SMILES string of the molecule is Cc1[nH]nc2cc(Nn3cncn3)ccc12. The number of aromatic amines is 1. The average molecular weight is 214 g/mol. The lowest BCUT2D eigenvalue weighted by Gasteiger charge is -2.04. The second-order valence-corrected chi connectivity index (χ2v) is 3.53. The third-order valence-electron chi connectivity index (χ3n) is 2.41. The van der Waals surface area contributed by atoms with Gasteiger partial charge in [-0.3, -0.25) is 10.5 Å². The van der Waals surface area contributed by atoms with Crippen LogP contribution in [0.5, 0.6) is 0 Å². The molecule has 0 radical (unpaired) electrons. The molecule has 0 saturated carbocycles. The number of hydrogen-bond acceptors (Lipinski definition) is 4. The molecule has 0 amide bonds. The molecule has 0 fully saturated rings. The first-order chi connectivity index (χ1) is 7.83. The maximum absolute atomic E-state index is 4.20. The van der Waals surface area contributed by atoms with E-state index >= 15 is 0 Å². The van der Waals surface area contributed by atoms with Gasteiger partial charge in [0.15, 0.2) is 0 Å². The normalized spacial score (nSPS) is 10.8. The highest BCUT2D eigenvalue weighted by Crippen LogP contribution is 2.19. The highest BCUT2D eigenvalue weighted by atomic mass is 15.6. The van der Waals surface area contributed by atoms with Gasteiger partial charge in [-0.25, -0.2) is 4.98 Å². The molecule has 3 rings (SSSR count). The molecule has 0 bridgehead atoms. The minimum absolute atomic E-state index is 0.921. The van der Waals surface area contributed by atoms with E-state index in [-0.39, 0.29) is 0 Å². The van der Waals surface area contributed by atoms with E-state index in [9.17, 15) is 0 Å². The van der Waals surface area contributed by atoms with Gasteiger partial charge in [0.25, 0.3) is 0 Å². The highest BCUT2D eigenvalue weighted by molar-refractivity contribution is 5.84. The Labute approximate surface area is 91.3 Å². The zero-order chi connectivity index (χ0) is 11.0. The lowest BCUT2D eigenvalue weighted by atomic mass is 10.2. The van der Waals surface area contributed by atoms with E-state index in [2.05, 4.69) is 25.7 Å². The molecule has 0 saturated heterocycles. The molecular weight excluding hydrogens is 204 g/mol. The Hall–Kier alpha value is -2.37. The molecule has 2 N–H and O–H groups in total. The zero-order valence-electron chi connectivity index (χ0n) is 8.68. The lowest BCUT2D eigenvalue weighted by Crippen LogP contribution is -2.08. The third kappa shape index (κ3) is 1.40. The minimum Gasteiger partial charge on any atom is -0.282 e. The molecule has 0 aliphatic carbocycles. The highest BCUT2D eigenvalue weighted by Gasteiger charge is 2.02. The number of aryl methyl sites for hydroxylation is 1. The molecule has 0 unspecified atom stereocenters. The molecule has 3 aromatic rings. The molecule has 0 spiro atoms. The van der Waals surface area contributed by atoms with Crippen molar-refractivity contribution in [1.29, 1.82) is 0 Å². The molecular formula is C10H10N6. The van der Waals surface area contributed by atoms with Crippen LogP contribution in [0.3, 0.4) is 0 Å². The molecule has 6 heteroatoms. The van der Waals surface area contributed by atoms with Crippen LogP contribution >= 0.6 is 0 Å². The van der Waals surface area contributed by atoms with Gasteiger partial charge in [0, 0.05) is 11.1 Å². The van der Waals surface area contributed by atoms with E-state index in [1.807, 2.05) is 25.1 Å². The van der Waals surface area contributed by atoms with Gasteiger partial charge in [-0.1, -0.05) is 0 Å². The molecule has 2 heterocycles. The summed E-state index contributed by atoms with van der Waals surface area (Å²) in [6.45, 7) is 2.00. The molecule has 6 nitrogen and oxygen atoms in total. The number of nitrogens with zero attached hydrogens (tertiary/aromatic N) is 4. The van der Waals surface area contributed by atoms with Gasteiger partial charge in [0.1, 0.15) is 12.7 Å². The zero-order valence-corrected chi connectivity index (χ0v) is 8.68. The Morgan fingerprint density at radius 2 is 2.31 bits per heavy atom. The predicted molar refractivity (Wildman–Crippen MR) is 59.9 cm³/mol. The van der Waals surface area contributed by atoms with Crippen LogP contribution in [-0.4, -0.2) is 25.1 Å². The first-order valence-corrected chi connectivity index (χ1v) is 4.89. The van der Waals surface area contributed by atoms with Gasteiger partial charge in [-0.2, -0.15) is 9.89 Å². The van der Waals surface area contributed by atoms with Crippen LogP contribution in [0.2, 0.25) is 0 Å². The number of anilines is 1. The Bertz CT molecular complexity index is 609. The van der Waals surface area contributed by atoms with Crippen molar-refractivity contribution < 1.29 is 0 Å². The lowest BCUT2D eigenvalue weighted by molar-refractivity contribution is 0.802. The van der Waals surface area contributed by atoms with Crippen LogP contribution in [0.4, 0.5) is 5.69 Å². The van der Waals surface area contributed by atoms with Gasteiger partial charge in [0.05, 0.1) is 11.2 Å². The number of aromatic nitrogens is 5. The summed E-state index contributed by atoms with van der Waals surface area (Å²) in [5.74, 6) is 0. The van der Waals surface area contributed by atoms with E-state index in [1.54, 1.807) is 11.1 Å². The fraction of sp³-hybridized carbons (Fsp3) is 0.100. The van der Waals surface area contributed by atoms with Crippen molar-refractivity contribution >= 4 is 16.6 Å². The van der Waals surface area contributed by atoms with E-state index in [1.165, 1.54) is 6.33 Å². The fourth-order valence-electron chi connectivity index (χ4n) is 1.61. The largest absolute Gasteiger partial charge is 0.282 e. The van der Waals surface area contributed by atoms with E-state index in [0.29, 0.717) is 0 Å². The fourth-order valence-corrected chi connectivity index (χ4v) is 1.61. The first-order valence-electron chi connectivity index (χ1n) is 4.89. The summed E-state index contributed by atoms with van der Waals surface area (Å²) in [4.78, 5) is 5.39. The van der Waals surface area contributed by atoms with Gasteiger partial charge >= 0.3 is 0 Å². The standard InChI is InChI=1S/C10H10N6/c1-7-9-3-2-8(4-10(9)14-13-7)15-16-6-11-5-12-16/h2-6,15H,1H3,(H,13,14). The summed E-state index contributed by atoms with van der Waals surface area (Å²) in [6, 6.07) is 5.96. The molecule has 16 heavy (non-hydrogen) atoms. The van der Waals surface area contributed by atoms with E-state index < -0.39 is 0 Å². The summed E-state index contributed by atoms with van der Waals surface area (Å²) in [6.07, 6.45) is 3.07. The topological polar surface area (TPSA) is 71.4 Å². The van der Waals surface area contributed by atoms with Crippen molar-refractivity contribution in [2.75, 3.05) is 5.43 Å². The van der Waals surface area contributed by atoms with Crippen molar-refractivity contribution in [3.8, 4) is 0 Å². The van der Waals surface area contributed by atoms with Gasteiger partial charge in [-0.05, 0) is 25.1 Å². The first kappa shape index (κ1) is 8.90. The average Bonchev–Trinajstić information content (AvgIpc) is 2.90. The van der Waals surface area contributed by atoms with Crippen molar-refractivity contribution in [3.63, 3.8) is 0 Å².